The molecule has 3 rings (SSSR count). The van der Waals surface area contributed by atoms with Crippen LogP contribution in [0.1, 0.15) is 86.9 Å². The molecule has 0 atom stereocenters. The first-order valence-corrected chi connectivity index (χ1v) is 12.8. The fourth-order valence-corrected chi connectivity index (χ4v) is 4.50. The molecule has 0 radical (unpaired) electrons. The molecule has 0 fully saturated rings. The average Bonchev–Trinajstić information content (AvgIpc) is 2.86. The van der Waals surface area contributed by atoms with E-state index in [9.17, 15) is 0 Å². The second-order valence-electron chi connectivity index (χ2n) is 9.80. The van der Waals surface area contributed by atoms with Crippen LogP contribution in [0.15, 0.2) is 90.0 Å². The van der Waals surface area contributed by atoms with Gasteiger partial charge in [-0.2, -0.15) is 0 Å². The number of benzene rings is 2. The molecule has 0 saturated heterocycles. The van der Waals surface area contributed by atoms with Gasteiger partial charge < -0.3 is 0 Å². The molecule has 1 aromatic heterocycles. The van der Waals surface area contributed by atoms with Crippen molar-refractivity contribution in [3.63, 3.8) is 0 Å². The Labute approximate surface area is 217 Å². The summed E-state index contributed by atoms with van der Waals surface area (Å²) in [6, 6.07) is 16.9. The molecular formula is C33H39N3. The molecule has 0 aliphatic carbocycles. The van der Waals surface area contributed by atoms with Gasteiger partial charge in [0.1, 0.15) is 0 Å². The molecule has 2 aromatic carbocycles. The second-order valence-corrected chi connectivity index (χ2v) is 9.80. The Balaban J connectivity index is 2.16. The predicted molar refractivity (Wildman–Crippen MR) is 157 cm³/mol. The SMILES string of the molecule is C=CCc1cccc(C(C)C)c1N=C(C)c1cccnc1C(C)=Nc1c(CC=C)cccc1C(C)C. The molecule has 0 N–H and O–H groups in total. The molecule has 0 unspecified atom stereocenters. The summed E-state index contributed by atoms with van der Waals surface area (Å²) < 4.78 is 0. The Morgan fingerprint density at radius 3 is 1.72 bits per heavy atom. The molecular weight excluding hydrogens is 438 g/mol. The fraction of sp³-hybridized carbons (Fsp3) is 0.303. The second kappa shape index (κ2) is 12.4. The lowest BCUT2D eigenvalue weighted by Crippen LogP contribution is -2.09. The monoisotopic (exact) mass is 477 g/mol. The van der Waals surface area contributed by atoms with Gasteiger partial charge in [0, 0.05) is 17.5 Å². The number of hydrogen-bond donors (Lipinski definition) is 0. The minimum atomic E-state index is 0.364. The van der Waals surface area contributed by atoms with Crippen LogP contribution in [0.5, 0.6) is 0 Å². The van der Waals surface area contributed by atoms with Crippen LogP contribution in [0.3, 0.4) is 0 Å². The van der Waals surface area contributed by atoms with Crippen molar-refractivity contribution in [2.45, 2.75) is 66.2 Å². The maximum atomic E-state index is 5.17. The van der Waals surface area contributed by atoms with Crippen molar-refractivity contribution >= 4 is 22.8 Å². The summed E-state index contributed by atoms with van der Waals surface area (Å²) in [4.78, 5) is 15.1. The Kier molecular flexibility index (Phi) is 9.30. The van der Waals surface area contributed by atoms with Crippen molar-refractivity contribution < 1.29 is 0 Å². The molecule has 0 amide bonds. The van der Waals surface area contributed by atoms with Crippen molar-refractivity contribution in [3.8, 4) is 0 Å². The molecule has 0 aliphatic rings. The lowest BCUT2D eigenvalue weighted by Gasteiger charge is -2.16. The largest absolute Gasteiger partial charge is 0.254 e. The highest BCUT2D eigenvalue weighted by Gasteiger charge is 2.16. The number of hydrogen-bond acceptors (Lipinski definition) is 3. The van der Waals surface area contributed by atoms with E-state index in [1.54, 1.807) is 0 Å². The van der Waals surface area contributed by atoms with E-state index in [1.807, 2.05) is 31.3 Å². The van der Waals surface area contributed by atoms with Gasteiger partial charge in [0.25, 0.3) is 0 Å². The van der Waals surface area contributed by atoms with E-state index in [1.165, 1.54) is 22.3 Å². The topological polar surface area (TPSA) is 37.6 Å². The quantitative estimate of drug-likeness (QED) is 0.212. The number of pyridine rings is 1. The van der Waals surface area contributed by atoms with Crippen LogP contribution in [0.2, 0.25) is 0 Å². The molecule has 0 bridgehead atoms. The summed E-state index contributed by atoms with van der Waals surface area (Å²) >= 11 is 0. The van der Waals surface area contributed by atoms with Crippen LogP contribution in [0.4, 0.5) is 11.4 Å². The van der Waals surface area contributed by atoms with E-state index in [0.29, 0.717) is 11.8 Å². The molecule has 3 nitrogen and oxygen atoms in total. The average molecular weight is 478 g/mol. The number of allylic oxidation sites excluding steroid dienone is 2. The Morgan fingerprint density at radius 2 is 1.25 bits per heavy atom. The summed E-state index contributed by atoms with van der Waals surface area (Å²) in [7, 11) is 0. The van der Waals surface area contributed by atoms with E-state index >= 15 is 0 Å². The maximum Gasteiger partial charge on any atom is 0.0932 e. The molecule has 3 aromatic rings. The predicted octanol–water partition coefficient (Wildman–Crippen LogP) is 9.07. The van der Waals surface area contributed by atoms with Crippen molar-refractivity contribution in [1.82, 2.24) is 4.98 Å². The van der Waals surface area contributed by atoms with Gasteiger partial charge in [-0.05, 0) is 72.9 Å². The third kappa shape index (κ3) is 6.15. The number of nitrogens with zero attached hydrogens (tertiary/aromatic N) is 3. The molecule has 0 aliphatic heterocycles. The third-order valence-electron chi connectivity index (χ3n) is 6.37. The van der Waals surface area contributed by atoms with Crippen LogP contribution < -0.4 is 0 Å². The summed E-state index contributed by atoms with van der Waals surface area (Å²) in [5, 5.41) is 0. The summed E-state index contributed by atoms with van der Waals surface area (Å²) in [5.41, 5.74) is 10.5. The van der Waals surface area contributed by atoms with Crippen LogP contribution in [0.25, 0.3) is 0 Å². The van der Waals surface area contributed by atoms with Gasteiger partial charge in [0.2, 0.25) is 0 Å². The van der Waals surface area contributed by atoms with Gasteiger partial charge in [-0.3, -0.25) is 15.0 Å². The Hall–Kier alpha value is -3.59. The van der Waals surface area contributed by atoms with Gasteiger partial charge in [0.05, 0.1) is 22.8 Å². The zero-order valence-electron chi connectivity index (χ0n) is 22.7. The first-order valence-electron chi connectivity index (χ1n) is 12.8. The molecule has 0 spiro atoms. The van der Waals surface area contributed by atoms with Gasteiger partial charge in [-0.25, -0.2) is 0 Å². The molecule has 186 valence electrons. The number of aromatic nitrogens is 1. The Bertz CT molecular complexity index is 1190. The highest BCUT2D eigenvalue weighted by atomic mass is 14.8. The summed E-state index contributed by atoms with van der Waals surface area (Å²) in [6.45, 7) is 20.8. The lowest BCUT2D eigenvalue weighted by molar-refractivity contribution is 0.863. The van der Waals surface area contributed by atoms with Gasteiger partial charge >= 0.3 is 0 Å². The molecule has 36 heavy (non-hydrogen) atoms. The smallest absolute Gasteiger partial charge is 0.0932 e. The summed E-state index contributed by atoms with van der Waals surface area (Å²) in [6.07, 6.45) is 7.26. The minimum absolute atomic E-state index is 0.364. The van der Waals surface area contributed by atoms with E-state index in [2.05, 4.69) is 90.2 Å². The van der Waals surface area contributed by atoms with E-state index < -0.39 is 0 Å². The van der Waals surface area contributed by atoms with E-state index in [0.717, 1.165) is 46.9 Å². The zero-order valence-corrected chi connectivity index (χ0v) is 22.7. The number of rotatable bonds is 10. The summed E-state index contributed by atoms with van der Waals surface area (Å²) in [5.74, 6) is 0.734. The van der Waals surface area contributed by atoms with Crippen molar-refractivity contribution in [2.24, 2.45) is 9.98 Å². The highest BCUT2D eigenvalue weighted by molar-refractivity contribution is 6.11. The van der Waals surface area contributed by atoms with Gasteiger partial charge in [-0.15, -0.1) is 13.2 Å². The maximum absolute atomic E-state index is 5.17. The minimum Gasteiger partial charge on any atom is -0.254 e. The molecule has 0 saturated carbocycles. The van der Waals surface area contributed by atoms with Crippen LogP contribution in [-0.2, 0) is 12.8 Å². The van der Waals surface area contributed by atoms with Gasteiger partial charge in [0.15, 0.2) is 0 Å². The number of aliphatic imine (C=N–C) groups is 2. The molecule has 1 heterocycles. The standard InChI is InChI=1S/C33H39N3/c1-9-14-26-16-11-18-28(22(3)4)32(26)35-24(7)30-20-13-21-34-31(30)25(8)36-33-27(15-10-2)17-12-19-29(33)23(5)6/h9-13,16-23H,1-2,14-15H2,3-8H3. The van der Waals surface area contributed by atoms with E-state index in [-0.39, 0.29) is 0 Å². The van der Waals surface area contributed by atoms with Crippen LogP contribution >= 0.6 is 0 Å². The Morgan fingerprint density at radius 1 is 0.750 bits per heavy atom. The van der Waals surface area contributed by atoms with Crippen molar-refractivity contribution in [1.29, 1.82) is 0 Å². The van der Waals surface area contributed by atoms with Crippen LogP contribution in [0, 0.1) is 0 Å². The third-order valence-corrected chi connectivity index (χ3v) is 6.37. The highest BCUT2D eigenvalue weighted by Crippen LogP contribution is 2.33. The van der Waals surface area contributed by atoms with E-state index in [4.69, 9.17) is 15.0 Å². The zero-order chi connectivity index (χ0) is 26.2. The van der Waals surface area contributed by atoms with Gasteiger partial charge in [-0.1, -0.05) is 76.2 Å². The first-order chi connectivity index (χ1) is 17.3. The van der Waals surface area contributed by atoms with Crippen LogP contribution in [-0.4, -0.2) is 16.4 Å². The van der Waals surface area contributed by atoms with Crippen molar-refractivity contribution in [2.75, 3.05) is 0 Å². The fourth-order valence-electron chi connectivity index (χ4n) is 4.50. The van der Waals surface area contributed by atoms with Crippen molar-refractivity contribution in [3.05, 3.63) is 114 Å². The number of para-hydroxylation sites is 2. The lowest BCUT2D eigenvalue weighted by atomic mass is 9.96. The first kappa shape index (κ1) is 27.0. The normalized spacial score (nSPS) is 12.3. The molecule has 3 heteroatoms.